The summed E-state index contributed by atoms with van der Waals surface area (Å²) >= 11 is 0. The molecular weight excluding hydrogens is 254 g/mol. The molecule has 0 radical (unpaired) electrons. The van der Waals surface area contributed by atoms with Crippen molar-refractivity contribution in [3.05, 3.63) is 34.4 Å². The number of hydrogen-bond acceptors (Lipinski definition) is 4. The lowest BCUT2D eigenvalue weighted by Crippen LogP contribution is -2.20. The zero-order valence-corrected chi connectivity index (χ0v) is 10.1. The maximum absolute atomic E-state index is 11.2. The third-order valence-corrected chi connectivity index (χ3v) is 2.80. The van der Waals surface area contributed by atoms with E-state index < -0.39 is 35.0 Å². The predicted molar refractivity (Wildman–Crippen MR) is 64.3 cm³/mol. The number of benzene rings is 1. The average molecular weight is 267 g/mol. The number of rotatable bonds is 5. The van der Waals surface area contributed by atoms with Crippen LogP contribution in [-0.2, 0) is 11.3 Å². The van der Waals surface area contributed by atoms with Gasteiger partial charge in [0.25, 0.3) is 0 Å². The van der Waals surface area contributed by atoms with Crippen LogP contribution in [0.5, 0.6) is 0 Å². The number of carboxylic acid groups (broad SMARTS) is 3. The van der Waals surface area contributed by atoms with Gasteiger partial charge in [-0.05, 0) is 24.1 Å². The minimum Gasteiger partial charge on any atom is -0.481 e. The van der Waals surface area contributed by atoms with Crippen molar-refractivity contribution in [1.82, 2.24) is 0 Å². The van der Waals surface area contributed by atoms with E-state index in [0.717, 1.165) is 6.07 Å². The van der Waals surface area contributed by atoms with E-state index in [4.69, 9.17) is 21.1 Å². The van der Waals surface area contributed by atoms with Gasteiger partial charge in [0.15, 0.2) is 0 Å². The van der Waals surface area contributed by atoms with Crippen LogP contribution in [0.15, 0.2) is 12.1 Å². The lowest BCUT2D eigenvalue weighted by molar-refractivity contribution is -0.138. The van der Waals surface area contributed by atoms with Crippen LogP contribution in [0.2, 0.25) is 0 Å². The Balaban J connectivity index is 3.71. The van der Waals surface area contributed by atoms with Gasteiger partial charge in [-0.2, -0.15) is 0 Å². The molecule has 0 aromatic heterocycles. The zero-order chi connectivity index (χ0) is 14.7. The normalized spacial score (nSPS) is 11.9. The maximum atomic E-state index is 11.2. The molecule has 0 aliphatic carbocycles. The standard InChI is InChI=1S/C12H13NO6/c1-5(10(14)15)8-6(4-13)2-3-7(11(16)17)9(8)12(18)19/h2-3,5H,4,13H2,1H3,(H,14,15)(H,16,17)(H,18,19). The quantitative estimate of drug-likeness (QED) is 0.616. The third kappa shape index (κ3) is 2.71. The van der Waals surface area contributed by atoms with Gasteiger partial charge in [-0.1, -0.05) is 6.07 Å². The van der Waals surface area contributed by atoms with Gasteiger partial charge in [0.05, 0.1) is 17.0 Å². The van der Waals surface area contributed by atoms with Crippen LogP contribution < -0.4 is 5.73 Å². The van der Waals surface area contributed by atoms with E-state index in [1.165, 1.54) is 13.0 Å². The first kappa shape index (κ1) is 14.7. The molecule has 19 heavy (non-hydrogen) atoms. The lowest BCUT2D eigenvalue weighted by Gasteiger charge is -2.17. The van der Waals surface area contributed by atoms with E-state index in [2.05, 4.69) is 0 Å². The molecule has 7 heteroatoms. The van der Waals surface area contributed by atoms with Crippen LogP contribution in [0.1, 0.15) is 44.7 Å². The molecule has 0 heterocycles. The van der Waals surface area contributed by atoms with Crippen LogP contribution >= 0.6 is 0 Å². The van der Waals surface area contributed by atoms with Crippen LogP contribution in [0.4, 0.5) is 0 Å². The summed E-state index contributed by atoms with van der Waals surface area (Å²) in [5.74, 6) is -5.33. The van der Waals surface area contributed by atoms with Crippen molar-refractivity contribution < 1.29 is 29.7 Å². The largest absolute Gasteiger partial charge is 0.481 e. The molecule has 0 aliphatic heterocycles. The molecule has 1 rings (SSSR count). The topological polar surface area (TPSA) is 138 Å². The van der Waals surface area contributed by atoms with E-state index in [0.29, 0.717) is 5.56 Å². The molecule has 0 fully saturated rings. The van der Waals surface area contributed by atoms with Gasteiger partial charge in [-0.25, -0.2) is 9.59 Å². The summed E-state index contributed by atoms with van der Waals surface area (Å²) in [5.41, 5.74) is 4.71. The molecule has 0 saturated heterocycles. The number of carbonyl (C=O) groups is 3. The van der Waals surface area contributed by atoms with E-state index in [9.17, 15) is 14.4 Å². The second-order valence-electron chi connectivity index (χ2n) is 3.94. The van der Waals surface area contributed by atoms with E-state index >= 15 is 0 Å². The second-order valence-corrected chi connectivity index (χ2v) is 3.94. The van der Waals surface area contributed by atoms with Crippen molar-refractivity contribution >= 4 is 17.9 Å². The van der Waals surface area contributed by atoms with Crippen LogP contribution in [0.25, 0.3) is 0 Å². The summed E-state index contributed by atoms with van der Waals surface area (Å²) in [6.45, 7) is 1.21. The van der Waals surface area contributed by atoms with E-state index in [1.807, 2.05) is 0 Å². The number of aliphatic carboxylic acids is 1. The van der Waals surface area contributed by atoms with Gasteiger partial charge in [0.1, 0.15) is 0 Å². The summed E-state index contributed by atoms with van der Waals surface area (Å²) < 4.78 is 0. The molecule has 7 nitrogen and oxygen atoms in total. The number of hydrogen-bond donors (Lipinski definition) is 4. The fourth-order valence-corrected chi connectivity index (χ4v) is 1.87. The molecule has 5 N–H and O–H groups in total. The van der Waals surface area contributed by atoms with Crippen molar-refractivity contribution in [2.75, 3.05) is 0 Å². The Bertz CT molecular complexity index is 551. The van der Waals surface area contributed by atoms with Crippen molar-refractivity contribution in [1.29, 1.82) is 0 Å². The van der Waals surface area contributed by atoms with Gasteiger partial charge < -0.3 is 21.1 Å². The van der Waals surface area contributed by atoms with Crippen molar-refractivity contribution in [2.24, 2.45) is 5.73 Å². The Morgan fingerprint density at radius 1 is 1.16 bits per heavy atom. The Morgan fingerprint density at radius 3 is 2.11 bits per heavy atom. The summed E-state index contributed by atoms with van der Waals surface area (Å²) in [4.78, 5) is 33.3. The molecule has 0 aliphatic rings. The smallest absolute Gasteiger partial charge is 0.336 e. The van der Waals surface area contributed by atoms with Gasteiger partial charge >= 0.3 is 17.9 Å². The Morgan fingerprint density at radius 2 is 1.74 bits per heavy atom. The maximum Gasteiger partial charge on any atom is 0.336 e. The monoisotopic (exact) mass is 267 g/mol. The first-order chi connectivity index (χ1) is 8.81. The van der Waals surface area contributed by atoms with Gasteiger partial charge in [-0.15, -0.1) is 0 Å². The van der Waals surface area contributed by atoms with Crippen LogP contribution in [0, 0.1) is 0 Å². The summed E-state index contributed by atoms with van der Waals surface area (Å²) in [6, 6.07) is 2.46. The van der Waals surface area contributed by atoms with E-state index in [1.54, 1.807) is 0 Å². The third-order valence-electron chi connectivity index (χ3n) is 2.80. The molecule has 102 valence electrons. The lowest BCUT2D eigenvalue weighted by atomic mass is 9.87. The minimum absolute atomic E-state index is 0.0672. The molecule has 1 unspecified atom stereocenters. The first-order valence-corrected chi connectivity index (χ1v) is 5.36. The Labute approximate surface area is 108 Å². The highest BCUT2D eigenvalue weighted by Crippen LogP contribution is 2.27. The number of nitrogens with two attached hydrogens (primary N) is 1. The zero-order valence-electron chi connectivity index (χ0n) is 10.1. The Hall–Kier alpha value is -2.41. The summed E-state index contributed by atoms with van der Waals surface area (Å²) in [6.07, 6.45) is 0. The molecular formula is C12H13NO6. The molecule has 0 saturated carbocycles. The molecule has 1 aromatic rings. The molecule has 1 aromatic carbocycles. The van der Waals surface area contributed by atoms with Gasteiger partial charge in [0, 0.05) is 6.54 Å². The predicted octanol–water partition coefficient (Wildman–Crippen LogP) is 0.730. The fourth-order valence-electron chi connectivity index (χ4n) is 1.87. The highest BCUT2D eigenvalue weighted by Gasteiger charge is 2.28. The average Bonchev–Trinajstić information content (AvgIpc) is 2.35. The first-order valence-electron chi connectivity index (χ1n) is 5.36. The van der Waals surface area contributed by atoms with Crippen molar-refractivity contribution in [2.45, 2.75) is 19.4 Å². The van der Waals surface area contributed by atoms with E-state index in [-0.39, 0.29) is 12.1 Å². The molecule has 0 spiro atoms. The molecule has 0 bridgehead atoms. The summed E-state index contributed by atoms with van der Waals surface area (Å²) in [7, 11) is 0. The fraction of sp³-hybridized carbons (Fsp3) is 0.250. The van der Waals surface area contributed by atoms with Crippen LogP contribution in [0.3, 0.4) is 0 Å². The molecule has 1 atom stereocenters. The number of aromatic carboxylic acids is 2. The van der Waals surface area contributed by atoms with Gasteiger partial charge in [-0.3, -0.25) is 4.79 Å². The summed E-state index contributed by atoms with van der Waals surface area (Å²) in [5, 5.41) is 27.1. The highest BCUT2D eigenvalue weighted by atomic mass is 16.4. The highest BCUT2D eigenvalue weighted by molar-refractivity contribution is 6.04. The van der Waals surface area contributed by atoms with Crippen molar-refractivity contribution in [3.8, 4) is 0 Å². The second kappa shape index (κ2) is 5.49. The van der Waals surface area contributed by atoms with Crippen LogP contribution in [-0.4, -0.2) is 33.2 Å². The Kier molecular flexibility index (Phi) is 4.23. The van der Waals surface area contributed by atoms with Gasteiger partial charge in [0.2, 0.25) is 0 Å². The molecule has 0 amide bonds. The van der Waals surface area contributed by atoms with Crippen molar-refractivity contribution in [3.63, 3.8) is 0 Å². The minimum atomic E-state index is -1.49. The SMILES string of the molecule is CC(C(=O)O)c1c(CN)ccc(C(=O)O)c1C(=O)O. The number of carboxylic acids is 3.